The van der Waals surface area contributed by atoms with E-state index in [1.165, 1.54) is 38.5 Å². The van der Waals surface area contributed by atoms with Crippen molar-refractivity contribution in [2.24, 2.45) is 0 Å². The molecule has 0 aromatic heterocycles. The van der Waals surface area contributed by atoms with Crippen molar-refractivity contribution < 1.29 is 37.3 Å². The summed E-state index contributed by atoms with van der Waals surface area (Å²) in [5.41, 5.74) is 0. The van der Waals surface area contributed by atoms with Gasteiger partial charge in [0.15, 0.2) is 0 Å². The van der Waals surface area contributed by atoms with Crippen LogP contribution in [0.1, 0.15) is 129 Å². The zero-order valence-corrected chi connectivity index (χ0v) is 35.1. The van der Waals surface area contributed by atoms with E-state index in [4.69, 9.17) is 18.5 Å². The summed E-state index contributed by atoms with van der Waals surface area (Å²) in [6.07, 6.45) is 47.8. The molecule has 53 heavy (non-hydrogen) atoms. The third kappa shape index (κ3) is 40.7. The van der Waals surface area contributed by atoms with Crippen molar-refractivity contribution in [3.05, 3.63) is 85.1 Å². The number of carbonyl (C=O) groups is 1. The molecule has 0 spiro atoms. The van der Waals surface area contributed by atoms with Crippen LogP contribution in [0.4, 0.5) is 0 Å². The monoisotopic (exact) mass is 763 g/mol. The molecular formula is C44H77NO7P+. The Morgan fingerprint density at radius 2 is 1.04 bits per heavy atom. The summed E-state index contributed by atoms with van der Waals surface area (Å²) in [6.45, 7) is 5.24. The molecule has 0 saturated heterocycles. The smallest absolute Gasteiger partial charge is 0.457 e. The molecule has 0 amide bonds. The number of likely N-dealkylation sites (N-methyl/N-ethyl adjacent to an activating group) is 1. The van der Waals surface area contributed by atoms with E-state index in [2.05, 4.69) is 86.8 Å². The Morgan fingerprint density at radius 3 is 1.55 bits per heavy atom. The van der Waals surface area contributed by atoms with E-state index in [1.807, 2.05) is 33.3 Å². The van der Waals surface area contributed by atoms with Gasteiger partial charge in [0, 0.05) is 13.0 Å². The highest BCUT2D eigenvalue weighted by atomic mass is 31.2. The Hall–Kier alpha value is -2.32. The average molecular weight is 763 g/mol. The molecule has 0 fully saturated rings. The zero-order valence-electron chi connectivity index (χ0n) is 34.2. The maximum Gasteiger partial charge on any atom is 0.472 e. The molecular weight excluding hydrogens is 685 g/mol. The molecule has 2 unspecified atom stereocenters. The second-order valence-corrected chi connectivity index (χ2v) is 15.7. The summed E-state index contributed by atoms with van der Waals surface area (Å²) in [5.74, 6) is -0.400. The van der Waals surface area contributed by atoms with Crippen molar-refractivity contribution in [1.29, 1.82) is 0 Å². The molecule has 2 atom stereocenters. The second kappa shape index (κ2) is 36.6. The number of hydrogen-bond acceptors (Lipinski definition) is 6. The van der Waals surface area contributed by atoms with Crippen LogP contribution in [0.3, 0.4) is 0 Å². The molecule has 8 nitrogen and oxygen atoms in total. The maximum absolute atomic E-state index is 12.6. The first-order valence-corrected chi connectivity index (χ1v) is 21.8. The molecule has 0 bridgehead atoms. The van der Waals surface area contributed by atoms with Gasteiger partial charge in [-0.25, -0.2) is 4.57 Å². The van der Waals surface area contributed by atoms with Crippen LogP contribution in [0, 0.1) is 0 Å². The highest BCUT2D eigenvalue weighted by molar-refractivity contribution is 7.47. The highest BCUT2D eigenvalue weighted by Crippen LogP contribution is 2.43. The molecule has 0 aromatic carbocycles. The van der Waals surface area contributed by atoms with Crippen LogP contribution in [0.15, 0.2) is 85.1 Å². The number of quaternary nitrogens is 1. The molecule has 0 aromatic rings. The predicted octanol–water partition coefficient (Wildman–Crippen LogP) is 11.7. The van der Waals surface area contributed by atoms with Crippen LogP contribution in [-0.2, 0) is 27.9 Å². The minimum atomic E-state index is -4.30. The van der Waals surface area contributed by atoms with E-state index in [1.54, 1.807) is 0 Å². The number of carbonyl (C=O) groups excluding carboxylic acids is 1. The molecule has 0 aliphatic carbocycles. The quantitative estimate of drug-likeness (QED) is 0.0223. The maximum atomic E-state index is 12.6. The van der Waals surface area contributed by atoms with Crippen molar-refractivity contribution >= 4 is 13.8 Å². The van der Waals surface area contributed by atoms with Crippen molar-refractivity contribution in [2.45, 2.75) is 136 Å². The standard InChI is InChI=1S/C44H76NO7P/c1-6-8-10-12-14-16-18-20-21-22-23-24-26-28-30-32-34-36-39-49-41-43(42-51-53(47,48)50-40-38-45(3,4)5)52-44(46)37-35-33-31-29-27-25-19-17-15-13-11-9-7-2/h8-11,14-17,20-21,25,27,31,33,43H,6-7,12-13,18-19,22-24,26,28-30,32,34-42H2,1-5H3/p+1/b10-8-,11-9-,16-14-,17-15-,21-20-,27-25-,33-31-. The minimum Gasteiger partial charge on any atom is -0.457 e. The fourth-order valence-electron chi connectivity index (χ4n) is 4.87. The van der Waals surface area contributed by atoms with Crippen molar-refractivity contribution in [1.82, 2.24) is 0 Å². The number of nitrogens with zero attached hydrogens (tertiary/aromatic N) is 1. The number of rotatable bonds is 36. The zero-order chi connectivity index (χ0) is 39.1. The SMILES string of the molecule is CC/C=C\C/C=C\C/C=C\C/C=C\CCC(=O)OC(COCCCCCCCCCC/C=C\C/C=C\C/C=C\CC)COP(=O)(O)OCC[N+](C)(C)C. The number of unbranched alkanes of at least 4 members (excludes halogenated alkanes) is 8. The van der Waals surface area contributed by atoms with E-state index in [0.29, 0.717) is 24.1 Å². The lowest BCUT2D eigenvalue weighted by Gasteiger charge is -2.24. The number of allylic oxidation sites excluding steroid dienone is 14. The summed E-state index contributed by atoms with van der Waals surface area (Å²) in [5, 5.41) is 0. The van der Waals surface area contributed by atoms with Gasteiger partial charge in [0.05, 0.1) is 34.4 Å². The van der Waals surface area contributed by atoms with Gasteiger partial charge in [0.25, 0.3) is 0 Å². The van der Waals surface area contributed by atoms with Gasteiger partial charge in [-0.2, -0.15) is 0 Å². The molecule has 1 N–H and O–H groups in total. The summed E-state index contributed by atoms with van der Waals surface area (Å²) >= 11 is 0. The molecule has 0 aliphatic heterocycles. The first-order valence-electron chi connectivity index (χ1n) is 20.3. The summed E-state index contributed by atoms with van der Waals surface area (Å²) in [6, 6.07) is 0. The fourth-order valence-corrected chi connectivity index (χ4v) is 5.61. The molecule has 0 saturated carbocycles. The van der Waals surface area contributed by atoms with Gasteiger partial charge in [-0.05, 0) is 70.6 Å². The second-order valence-electron chi connectivity index (χ2n) is 14.2. The van der Waals surface area contributed by atoms with E-state index in [-0.39, 0.29) is 26.2 Å². The van der Waals surface area contributed by atoms with E-state index in [9.17, 15) is 14.3 Å². The van der Waals surface area contributed by atoms with Crippen molar-refractivity contribution in [3.8, 4) is 0 Å². The van der Waals surface area contributed by atoms with Crippen molar-refractivity contribution in [2.75, 3.05) is 54.1 Å². The minimum absolute atomic E-state index is 0.0697. The Bertz CT molecular complexity index is 1120. The van der Waals surface area contributed by atoms with Crippen LogP contribution < -0.4 is 0 Å². The summed E-state index contributed by atoms with van der Waals surface area (Å²) < 4.78 is 34.8. The van der Waals surface area contributed by atoms with Crippen LogP contribution in [0.2, 0.25) is 0 Å². The topological polar surface area (TPSA) is 91.3 Å². The number of hydrogen-bond donors (Lipinski definition) is 1. The highest BCUT2D eigenvalue weighted by Gasteiger charge is 2.26. The first-order chi connectivity index (χ1) is 25.6. The Morgan fingerprint density at radius 1 is 0.585 bits per heavy atom. The van der Waals surface area contributed by atoms with Crippen LogP contribution >= 0.6 is 7.82 Å². The molecule has 0 aliphatic rings. The number of phosphoric acid groups is 1. The van der Waals surface area contributed by atoms with Gasteiger partial charge in [-0.15, -0.1) is 0 Å². The van der Waals surface area contributed by atoms with Gasteiger partial charge in [0.1, 0.15) is 19.3 Å². The van der Waals surface area contributed by atoms with Gasteiger partial charge >= 0.3 is 13.8 Å². The Labute approximate surface area is 325 Å². The van der Waals surface area contributed by atoms with Crippen LogP contribution in [0.5, 0.6) is 0 Å². The molecule has 304 valence electrons. The number of esters is 1. The average Bonchev–Trinajstić information content (AvgIpc) is 3.11. The van der Waals surface area contributed by atoms with E-state index in [0.717, 1.165) is 64.2 Å². The molecule has 0 radical (unpaired) electrons. The lowest BCUT2D eigenvalue weighted by atomic mass is 10.1. The number of phosphoric ester groups is 1. The third-order valence-electron chi connectivity index (χ3n) is 7.97. The predicted molar refractivity (Wildman–Crippen MR) is 224 cm³/mol. The largest absolute Gasteiger partial charge is 0.472 e. The van der Waals surface area contributed by atoms with Crippen LogP contribution in [0.25, 0.3) is 0 Å². The Kier molecular flexibility index (Phi) is 35.0. The lowest BCUT2D eigenvalue weighted by Crippen LogP contribution is -2.37. The molecule has 0 heterocycles. The van der Waals surface area contributed by atoms with E-state index < -0.39 is 19.9 Å². The summed E-state index contributed by atoms with van der Waals surface area (Å²) in [7, 11) is 1.60. The van der Waals surface area contributed by atoms with Gasteiger partial charge in [-0.1, -0.05) is 137 Å². The third-order valence-corrected chi connectivity index (χ3v) is 8.95. The fraction of sp³-hybridized carbons (Fsp3) is 0.659. The molecule has 0 rings (SSSR count). The van der Waals surface area contributed by atoms with Crippen molar-refractivity contribution in [3.63, 3.8) is 0 Å². The van der Waals surface area contributed by atoms with Gasteiger partial charge in [-0.3, -0.25) is 13.8 Å². The van der Waals surface area contributed by atoms with Crippen LogP contribution in [-0.4, -0.2) is 75.6 Å². The normalized spacial score (nSPS) is 14.8. The molecule has 9 heteroatoms. The van der Waals surface area contributed by atoms with Gasteiger partial charge < -0.3 is 18.9 Å². The number of ether oxygens (including phenoxy) is 2. The first kappa shape index (κ1) is 50.7. The van der Waals surface area contributed by atoms with Gasteiger partial charge in [0.2, 0.25) is 0 Å². The van der Waals surface area contributed by atoms with E-state index >= 15 is 0 Å². The Balaban J connectivity index is 4.37. The summed E-state index contributed by atoms with van der Waals surface area (Å²) in [4.78, 5) is 22.8. The lowest BCUT2D eigenvalue weighted by molar-refractivity contribution is -0.870.